The number of methoxy groups -OCH3 is 1. The molecular formula is C14H19NO3. The van der Waals surface area contributed by atoms with E-state index in [0.29, 0.717) is 12.5 Å². The molecule has 1 amide bonds. The van der Waals surface area contributed by atoms with Crippen LogP contribution in [0.15, 0.2) is 30.3 Å². The summed E-state index contributed by atoms with van der Waals surface area (Å²) >= 11 is 0. The second-order valence-electron chi connectivity index (χ2n) is 4.63. The lowest BCUT2D eigenvalue weighted by Crippen LogP contribution is -2.47. The molecule has 1 aliphatic heterocycles. The number of amides is 1. The first-order valence-corrected chi connectivity index (χ1v) is 6.26. The lowest BCUT2D eigenvalue weighted by molar-refractivity contribution is 0.0606. The number of nitrogens with zero attached hydrogens (tertiary/aromatic N) is 1. The third kappa shape index (κ3) is 2.64. The number of aliphatic hydroxyl groups is 1. The molecule has 2 rings (SSSR count). The largest absolute Gasteiger partial charge is 0.453 e. The summed E-state index contributed by atoms with van der Waals surface area (Å²) in [6.45, 7) is 0.621. The third-order valence-electron chi connectivity index (χ3n) is 3.61. The van der Waals surface area contributed by atoms with Gasteiger partial charge in [-0.2, -0.15) is 0 Å². The van der Waals surface area contributed by atoms with E-state index in [1.165, 1.54) is 12.7 Å². The Labute approximate surface area is 107 Å². The summed E-state index contributed by atoms with van der Waals surface area (Å²) in [5, 5.41) is 9.42. The van der Waals surface area contributed by atoms with Gasteiger partial charge >= 0.3 is 6.09 Å². The van der Waals surface area contributed by atoms with Gasteiger partial charge in [0.1, 0.15) is 0 Å². The number of rotatable bonds is 2. The van der Waals surface area contributed by atoms with Crippen LogP contribution in [0.1, 0.15) is 24.3 Å². The highest BCUT2D eigenvalue weighted by molar-refractivity contribution is 5.68. The third-order valence-corrected chi connectivity index (χ3v) is 3.61. The zero-order valence-corrected chi connectivity index (χ0v) is 10.6. The SMILES string of the molecule is COC(=O)N1CC[C@H](c2ccccc2)C[C@@H]1CO. The lowest BCUT2D eigenvalue weighted by atomic mass is 9.86. The molecule has 1 heterocycles. The molecule has 0 saturated carbocycles. The molecule has 0 radical (unpaired) electrons. The number of hydrogen-bond acceptors (Lipinski definition) is 3. The van der Waals surface area contributed by atoms with Crippen LogP contribution >= 0.6 is 0 Å². The zero-order valence-electron chi connectivity index (χ0n) is 10.6. The van der Waals surface area contributed by atoms with Crippen molar-refractivity contribution in [3.8, 4) is 0 Å². The van der Waals surface area contributed by atoms with Gasteiger partial charge in [-0.1, -0.05) is 30.3 Å². The van der Waals surface area contributed by atoms with Gasteiger partial charge in [0.25, 0.3) is 0 Å². The first-order valence-electron chi connectivity index (χ1n) is 6.26. The maximum atomic E-state index is 11.6. The van der Waals surface area contributed by atoms with Gasteiger partial charge in [-0.05, 0) is 24.3 Å². The van der Waals surface area contributed by atoms with E-state index in [9.17, 15) is 9.90 Å². The molecule has 1 aromatic rings. The molecule has 4 nitrogen and oxygen atoms in total. The van der Waals surface area contributed by atoms with E-state index in [1.807, 2.05) is 18.2 Å². The second kappa shape index (κ2) is 5.87. The number of likely N-dealkylation sites (tertiary alicyclic amines) is 1. The number of benzene rings is 1. The van der Waals surface area contributed by atoms with Crippen molar-refractivity contribution < 1.29 is 14.6 Å². The van der Waals surface area contributed by atoms with E-state index in [0.717, 1.165) is 12.8 Å². The predicted molar refractivity (Wildman–Crippen MR) is 68.4 cm³/mol. The molecule has 1 saturated heterocycles. The van der Waals surface area contributed by atoms with Crippen LogP contribution < -0.4 is 0 Å². The Morgan fingerprint density at radius 1 is 1.44 bits per heavy atom. The number of carbonyl (C=O) groups excluding carboxylic acids is 1. The molecule has 4 heteroatoms. The van der Waals surface area contributed by atoms with Crippen molar-refractivity contribution in [1.82, 2.24) is 4.90 Å². The van der Waals surface area contributed by atoms with E-state index >= 15 is 0 Å². The van der Waals surface area contributed by atoms with Gasteiger partial charge in [0.15, 0.2) is 0 Å². The van der Waals surface area contributed by atoms with Crippen molar-refractivity contribution in [2.24, 2.45) is 0 Å². The molecule has 1 aromatic carbocycles. The van der Waals surface area contributed by atoms with Crippen molar-refractivity contribution in [3.05, 3.63) is 35.9 Å². The minimum Gasteiger partial charge on any atom is -0.453 e. The standard InChI is InChI=1S/C14H19NO3/c1-18-14(17)15-8-7-12(9-13(15)10-16)11-5-3-2-4-6-11/h2-6,12-13,16H,7-10H2,1H3/t12-,13+/m0/s1. The fourth-order valence-corrected chi connectivity index (χ4v) is 2.61. The van der Waals surface area contributed by atoms with Crippen LogP contribution in [0.25, 0.3) is 0 Å². The van der Waals surface area contributed by atoms with Gasteiger partial charge in [0.2, 0.25) is 0 Å². The maximum Gasteiger partial charge on any atom is 0.409 e. The van der Waals surface area contributed by atoms with E-state index in [2.05, 4.69) is 12.1 Å². The van der Waals surface area contributed by atoms with Gasteiger partial charge in [-0.3, -0.25) is 0 Å². The van der Waals surface area contributed by atoms with Crippen LogP contribution in [-0.4, -0.2) is 42.4 Å². The summed E-state index contributed by atoms with van der Waals surface area (Å²) < 4.78 is 4.74. The highest BCUT2D eigenvalue weighted by Gasteiger charge is 2.32. The van der Waals surface area contributed by atoms with Gasteiger partial charge in [0, 0.05) is 6.54 Å². The molecule has 0 aliphatic carbocycles. The molecule has 2 atom stereocenters. The van der Waals surface area contributed by atoms with Crippen LogP contribution in [0.2, 0.25) is 0 Å². The smallest absolute Gasteiger partial charge is 0.409 e. The Morgan fingerprint density at radius 3 is 2.78 bits per heavy atom. The van der Waals surface area contributed by atoms with Crippen LogP contribution in [0.4, 0.5) is 4.79 Å². The fraction of sp³-hybridized carbons (Fsp3) is 0.500. The van der Waals surface area contributed by atoms with Crippen molar-refractivity contribution in [2.45, 2.75) is 24.8 Å². The summed E-state index contributed by atoms with van der Waals surface area (Å²) in [4.78, 5) is 13.2. The molecule has 0 aromatic heterocycles. The van der Waals surface area contributed by atoms with E-state index < -0.39 is 0 Å². The van der Waals surface area contributed by atoms with Crippen LogP contribution in [0.3, 0.4) is 0 Å². The number of ether oxygens (including phenoxy) is 1. The normalized spacial score (nSPS) is 23.8. The molecular weight excluding hydrogens is 230 g/mol. The van der Waals surface area contributed by atoms with Crippen LogP contribution in [0.5, 0.6) is 0 Å². The maximum absolute atomic E-state index is 11.6. The molecule has 1 fully saturated rings. The van der Waals surface area contributed by atoms with Crippen molar-refractivity contribution >= 4 is 6.09 Å². The quantitative estimate of drug-likeness (QED) is 0.872. The summed E-state index contributed by atoms with van der Waals surface area (Å²) in [7, 11) is 1.38. The monoisotopic (exact) mass is 249 g/mol. The summed E-state index contributed by atoms with van der Waals surface area (Å²) in [5.41, 5.74) is 1.28. The summed E-state index contributed by atoms with van der Waals surface area (Å²) in [6.07, 6.45) is 1.35. The molecule has 98 valence electrons. The highest BCUT2D eigenvalue weighted by atomic mass is 16.5. The lowest BCUT2D eigenvalue weighted by Gasteiger charge is -2.37. The molecule has 18 heavy (non-hydrogen) atoms. The summed E-state index contributed by atoms with van der Waals surface area (Å²) in [6, 6.07) is 10.1. The van der Waals surface area contributed by atoms with E-state index in [1.54, 1.807) is 4.90 Å². The Hall–Kier alpha value is -1.55. The molecule has 1 aliphatic rings. The number of piperidine rings is 1. The first kappa shape index (κ1) is 12.9. The van der Waals surface area contributed by atoms with Crippen molar-refractivity contribution in [2.75, 3.05) is 20.3 Å². The first-order chi connectivity index (χ1) is 8.76. The van der Waals surface area contributed by atoms with Crippen LogP contribution in [0, 0.1) is 0 Å². The average Bonchev–Trinajstić information content (AvgIpc) is 2.46. The van der Waals surface area contributed by atoms with Gasteiger partial charge < -0.3 is 14.7 Å². The Bertz CT molecular complexity index is 393. The number of aliphatic hydroxyl groups excluding tert-OH is 1. The van der Waals surface area contributed by atoms with E-state index in [-0.39, 0.29) is 18.7 Å². The second-order valence-corrected chi connectivity index (χ2v) is 4.63. The Kier molecular flexibility index (Phi) is 4.20. The highest BCUT2D eigenvalue weighted by Crippen LogP contribution is 2.31. The minimum absolute atomic E-state index is 0.0154. The average molecular weight is 249 g/mol. The van der Waals surface area contributed by atoms with Crippen molar-refractivity contribution in [3.63, 3.8) is 0 Å². The zero-order chi connectivity index (χ0) is 13.0. The van der Waals surface area contributed by atoms with Crippen LogP contribution in [-0.2, 0) is 4.74 Å². The van der Waals surface area contributed by atoms with Gasteiger partial charge in [-0.15, -0.1) is 0 Å². The minimum atomic E-state index is -0.347. The number of hydrogen-bond donors (Lipinski definition) is 1. The molecule has 0 spiro atoms. The predicted octanol–water partition coefficient (Wildman–Crippen LogP) is 1.99. The van der Waals surface area contributed by atoms with Gasteiger partial charge in [0.05, 0.1) is 19.8 Å². The Balaban J connectivity index is 2.07. The molecule has 1 N–H and O–H groups in total. The topological polar surface area (TPSA) is 49.8 Å². The van der Waals surface area contributed by atoms with E-state index in [4.69, 9.17) is 4.74 Å². The van der Waals surface area contributed by atoms with Gasteiger partial charge in [-0.25, -0.2) is 4.79 Å². The summed E-state index contributed by atoms with van der Waals surface area (Å²) in [5.74, 6) is 0.407. The number of carbonyl (C=O) groups is 1. The molecule has 0 bridgehead atoms. The Morgan fingerprint density at radius 2 is 2.17 bits per heavy atom. The van der Waals surface area contributed by atoms with Crippen molar-refractivity contribution in [1.29, 1.82) is 0 Å². The fourth-order valence-electron chi connectivity index (χ4n) is 2.61. The molecule has 0 unspecified atom stereocenters.